The molecule has 1 amide bonds. The number of morpholine rings is 1. The van der Waals surface area contributed by atoms with Crippen LogP contribution in [0.15, 0.2) is 30.3 Å². The number of carbonyl (C=O) groups is 2. The van der Waals surface area contributed by atoms with Gasteiger partial charge in [0, 0.05) is 12.1 Å². The number of carboxylic acids is 1. The topological polar surface area (TPSA) is 79.7 Å². The molecule has 0 aliphatic carbocycles. The summed E-state index contributed by atoms with van der Waals surface area (Å²) in [5, 5.41) is 9.87. The first-order chi connectivity index (χ1) is 11.1. The largest absolute Gasteiger partial charge is 0.479 e. The summed E-state index contributed by atoms with van der Waals surface area (Å²) in [4.78, 5) is 30.4. The van der Waals surface area contributed by atoms with Gasteiger partial charge in [-0.05, 0) is 6.92 Å². The Kier molecular flexibility index (Phi) is 4.40. The number of amides is 1. The minimum Gasteiger partial charge on any atom is -0.479 e. The molecule has 1 atom stereocenters. The minimum atomic E-state index is -1.05. The summed E-state index contributed by atoms with van der Waals surface area (Å²) in [6.07, 6.45) is -0.970. The van der Waals surface area contributed by atoms with Gasteiger partial charge in [0.15, 0.2) is 6.10 Å². The summed E-state index contributed by atoms with van der Waals surface area (Å²) in [6.45, 7) is 2.52. The van der Waals surface area contributed by atoms with Gasteiger partial charge in [-0.15, -0.1) is 11.3 Å². The third-order valence-electron chi connectivity index (χ3n) is 3.60. The van der Waals surface area contributed by atoms with Gasteiger partial charge < -0.3 is 14.7 Å². The van der Waals surface area contributed by atoms with Gasteiger partial charge in [-0.1, -0.05) is 30.3 Å². The number of carboxylic acid groups (broad SMARTS) is 1. The molecule has 1 N–H and O–H groups in total. The highest BCUT2D eigenvalue weighted by Gasteiger charge is 2.31. The lowest BCUT2D eigenvalue weighted by atomic mass is 10.1. The summed E-state index contributed by atoms with van der Waals surface area (Å²) in [6, 6.07) is 9.51. The number of nitrogens with zero attached hydrogens (tertiary/aromatic N) is 2. The summed E-state index contributed by atoms with van der Waals surface area (Å²) in [5.74, 6) is -1.24. The van der Waals surface area contributed by atoms with E-state index < -0.39 is 12.1 Å². The second kappa shape index (κ2) is 6.47. The number of carbonyl (C=O) groups excluding carboxylic acids is 1. The first-order valence-corrected chi connectivity index (χ1v) is 8.04. The van der Waals surface area contributed by atoms with Crippen LogP contribution in [0.25, 0.3) is 11.3 Å². The number of thiazole rings is 1. The van der Waals surface area contributed by atoms with Crippen LogP contribution >= 0.6 is 11.3 Å². The van der Waals surface area contributed by atoms with E-state index in [-0.39, 0.29) is 19.1 Å². The number of ether oxygens (including phenoxy) is 1. The SMILES string of the molecule is Cc1nc(-c2ccccc2)c(C(=O)N2CCOC(C(=O)O)C2)s1. The van der Waals surface area contributed by atoms with Gasteiger partial charge in [0.2, 0.25) is 0 Å². The molecule has 0 saturated carbocycles. The van der Waals surface area contributed by atoms with E-state index in [0.717, 1.165) is 10.6 Å². The maximum absolute atomic E-state index is 12.8. The molecule has 0 bridgehead atoms. The van der Waals surface area contributed by atoms with Crippen LogP contribution in [0, 0.1) is 6.92 Å². The Morgan fingerprint density at radius 3 is 2.78 bits per heavy atom. The molecule has 1 aliphatic heterocycles. The molecular formula is C16H16N2O4S. The van der Waals surface area contributed by atoms with Crippen molar-refractivity contribution in [3.05, 3.63) is 40.2 Å². The van der Waals surface area contributed by atoms with Gasteiger partial charge in [0.1, 0.15) is 4.88 Å². The zero-order chi connectivity index (χ0) is 16.4. The lowest BCUT2D eigenvalue weighted by molar-refractivity contribution is -0.154. The van der Waals surface area contributed by atoms with Gasteiger partial charge in [-0.2, -0.15) is 0 Å². The molecule has 1 fully saturated rings. The van der Waals surface area contributed by atoms with E-state index in [1.807, 2.05) is 37.3 Å². The molecule has 120 valence electrons. The van der Waals surface area contributed by atoms with Gasteiger partial charge in [0.05, 0.1) is 23.9 Å². The van der Waals surface area contributed by atoms with Crippen molar-refractivity contribution in [2.45, 2.75) is 13.0 Å². The molecular weight excluding hydrogens is 316 g/mol. The number of aliphatic carboxylic acids is 1. The van der Waals surface area contributed by atoms with Crippen molar-refractivity contribution in [2.24, 2.45) is 0 Å². The van der Waals surface area contributed by atoms with Gasteiger partial charge in [0.25, 0.3) is 5.91 Å². The maximum Gasteiger partial charge on any atom is 0.334 e. The molecule has 1 saturated heterocycles. The lowest BCUT2D eigenvalue weighted by Gasteiger charge is -2.30. The lowest BCUT2D eigenvalue weighted by Crippen LogP contribution is -2.48. The first-order valence-electron chi connectivity index (χ1n) is 7.23. The van der Waals surface area contributed by atoms with Crippen molar-refractivity contribution in [2.75, 3.05) is 19.7 Å². The number of hydrogen-bond donors (Lipinski definition) is 1. The van der Waals surface area contributed by atoms with Crippen LogP contribution in [0.3, 0.4) is 0 Å². The van der Waals surface area contributed by atoms with E-state index in [9.17, 15) is 9.59 Å². The van der Waals surface area contributed by atoms with Crippen molar-refractivity contribution < 1.29 is 19.4 Å². The number of hydrogen-bond acceptors (Lipinski definition) is 5. The monoisotopic (exact) mass is 332 g/mol. The highest BCUT2D eigenvalue weighted by atomic mass is 32.1. The fourth-order valence-corrected chi connectivity index (χ4v) is 3.40. The Balaban J connectivity index is 1.90. The van der Waals surface area contributed by atoms with Crippen molar-refractivity contribution in [3.63, 3.8) is 0 Å². The van der Waals surface area contributed by atoms with Crippen LogP contribution in [0.5, 0.6) is 0 Å². The number of rotatable bonds is 3. The Bertz CT molecular complexity index is 729. The molecule has 6 nitrogen and oxygen atoms in total. The summed E-state index contributed by atoms with van der Waals surface area (Å²) in [5.41, 5.74) is 1.53. The van der Waals surface area contributed by atoms with Crippen LogP contribution in [0.2, 0.25) is 0 Å². The van der Waals surface area contributed by atoms with E-state index in [1.54, 1.807) is 0 Å². The zero-order valence-electron chi connectivity index (χ0n) is 12.6. The Labute approximate surface area is 137 Å². The predicted octanol–water partition coefficient (Wildman–Crippen LogP) is 2.04. The maximum atomic E-state index is 12.8. The summed E-state index contributed by atoms with van der Waals surface area (Å²) < 4.78 is 5.17. The molecule has 2 aromatic rings. The quantitative estimate of drug-likeness (QED) is 0.930. The molecule has 7 heteroatoms. The van der Waals surface area contributed by atoms with Crippen LogP contribution in [-0.2, 0) is 9.53 Å². The van der Waals surface area contributed by atoms with E-state index in [0.29, 0.717) is 17.1 Å². The van der Waals surface area contributed by atoms with E-state index in [4.69, 9.17) is 9.84 Å². The van der Waals surface area contributed by atoms with Crippen molar-refractivity contribution in [3.8, 4) is 11.3 Å². The Morgan fingerprint density at radius 2 is 2.09 bits per heavy atom. The van der Waals surface area contributed by atoms with Crippen molar-refractivity contribution in [1.82, 2.24) is 9.88 Å². The van der Waals surface area contributed by atoms with Crippen molar-refractivity contribution >= 4 is 23.2 Å². The fourth-order valence-electron chi connectivity index (χ4n) is 2.49. The summed E-state index contributed by atoms with van der Waals surface area (Å²) in [7, 11) is 0. The highest BCUT2D eigenvalue weighted by molar-refractivity contribution is 7.14. The predicted molar refractivity (Wildman–Crippen MR) is 85.6 cm³/mol. The molecule has 3 rings (SSSR count). The Hall–Kier alpha value is -2.25. The standard InChI is InChI=1S/C16H16N2O4S/c1-10-17-13(11-5-3-2-4-6-11)14(23-10)15(19)18-7-8-22-12(9-18)16(20)21/h2-6,12H,7-9H2,1H3,(H,20,21). The molecule has 0 radical (unpaired) electrons. The van der Waals surface area contributed by atoms with Crippen molar-refractivity contribution in [1.29, 1.82) is 0 Å². The Morgan fingerprint density at radius 1 is 1.35 bits per heavy atom. The third-order valence-corrected chi connectivity index (χ3v) is 4.56. The van der Waals surface area contributed by atoms with E-state index >= 15 is 0 Å². The third kappa shape index (κ3) is 3.25. The molecule has 0 spiro atoms. The normalized spacial score (nSPS) is 18.0. The second-order valence-electron chi connectivity index (χ2n) is 5.23. The minimum absolute atomic E-state index is 0.0549. The number of aromatic nitrogens is 1. The molecule has 1 unspecified atom stereocenters. The summed E-state index contributed by atoms with van der Waals surface area (Å²) >= 11 is 1.33. The smallest absolute Gasteiger partial charge is 0.334 e. The average Bonchev–Trinajstić information content (AvgIpc) is 2.97. The molecule has 1 aliphatic rings. The van der Waals surface area contributed by atoms with Crippen LogP contribution in [0.1, 0.15) is 14.7 Å². The van der Waals surface area contributed by atoms with Crippen LogP contribution < -0.4 is 0 Å². The van der Waals surface area contributed by atoms with Crippen LogP contribution in [-0.4, -0.2) is 52.7 Å². The van der Waals surface area contributed by atoms with E-state index in [1.165, 1.54) is 16.2 Å². The molecule has 1 aromatic heterocycles. The fraction of sp³-hybridized carbons (Fsp3) is 0.312. The zero-order valence-corrected chi connectivity index (χ0v) is 13.4. The average molecular weight is 332 g/mol. The van der Waals surface area contributed by atoms with Gasteiger partial charge in [-0.3, -0.25) is 4.79 Å². The molecule has 2 heterocycles. The van der Waals surface area contributed by atoms with Gasteiger partial charge in [-0.25, -0.2) is 9.78 Å². The second-order valence-corrected chi connectivity index (χ2v) is 6.43. The van der Waals surface area contributed by atoms with Gasteiger partial charge >= 0.3 is 5.97 Å². The molecule has 23 heavy (non-hydrogen) atoms. The highest BCUT2D eigenvalue weighted by Crippen LogP contribution is 2.29. The number of aryl methyl sites for hydroxylation is 1. The van der Waals surface area contributed by atoms with E-state index in [2.05, 4.69) is 4.98 Å². The van der Waals surface area contributed by atoms with Crippen LogP contribution in [0.4, 0.5) is 0 Å². The first kappa shape index (κ1) is 15.6. The molecule has 1 aromatic carbocycles. The number of benzene rings is 1.